The van der Waals surface area contributed by atoms with Gasteiger partial charge >= 0.3 is 0 Å². The van der Waals surface area contributed by atoms with Crippen LogP contribution in [0.2, 0.25) is 0 Å². The molecule has 0 saturated carbocycles. The fraction of sp³-hybridized carbons (Fsp3) is 0.167. The summed E-state index contributed by atoms with van der Waals surface area (Å²) in [7, 11) is 0. The van der Waals surface area contributed by atoms with Crippen LogP contribution in [0.3, 0.4) is 0 Å². The van der Waals surface area contributed by atoms with E-state index in [0.29, 0.717) is 0 Å². The first kappa shape index (κ1) is 12.2. The molecule has 0 saturated heterocycles. The van der Waals surface area contributed by atoms with E-state index in [1.54, 1.807) is 0 Å². The Morgan fingerprint density at radius 2 is 1.76 bits per heavy atom. The van der Waals surface area contributed by atoms with E-state index >= 15 is 0 Å². The minimum absolute atomic E-state index is 0.813. The maximum absolute atomic E-state index is 6.08. The minimum atomic E-state index is 0.813. The average Bonchev–Trinajstić information content (AvgIpc) is 2.54. The molecule has 0 bridgehead atoms. The van der Waals surface area contributed by atoms with Crippen LogP contribution in [0.4, 0.5) is 11.5 Å². The van der Waals surface area contributed by atoms with Crippen molar-refractivity contribution in [3.05, 3.63) is 65.9 Å². The lowest BCUT2D eigenvalue weighted by Gasteiger charge is -2.30. The zero-order chi connectivity index (χ0) is 14.2. The molecule has 4 rings (SSSR count). The molecule has 1 aliphatic heterocycles. The van der Waals surface area contributed by atoms with E-state index in [1.165, 1.54) is 11.1 Å². The van der Waals surface area contributed by atoms with Crippen LogP contribution in [0.15, 0.2) is 54.7 Å². The second-order valence-corrected chi connectivity index (χ2v) is 5.52. The van der Waals surface area contributed by atoms with Gasteiger partial charge in [0, 0.05) is 35.7 Å². The van der Waals surface area contributed by atoms with Gasteiger partial charge in [0.05, 0.1) is 0 Å². The molecule has 0 atom stereocenters. The van der Waals surface area contributed by atoms with E-state index in [4.69, 9.17) is 5.73 Å². The molecule has 1 aromatic heterocycles. The lowest BCUT2D eigenvalue weighted by atomic mass is 9.99. The molecule has 2 heterocycles. The molecule has 0 unspecified atom stereocenters. The normalized spacial score (nSPS) is 14.2. The number of fused-ring (bicyclic) bond motifs is 2. The summed E-state index contributed by atoms with van der Waals surface area (Å²) in [6.45, 7) is 1.91. The number of rotatable bonds is 1. The van der Waals surface area contributed by atoms with Crippen molar-refractivity contribution >= 4 is 22.3 Å². The van der Waals surface area contributed by atoms with Gasteiger partial charge in [0.2, 0.25) is 0 Å². The zero-order valence-corrected chi connectivity index (χ0v) is 11.8. The lowest BCUT2D eigenvalue weighted by molar-refractivity contribution is 0.724. The molecule has 1 aliphatic rings. The number of nitrogen functional groups attached to an aromatic ring is 1. The van der Waals surface area contributed by atoms with Crippen molar-refractivity contribution in [1.29, 1.82) is 0 Å². The third-order valence-electron chi connectivity index (χ3n) is 4.25. The van der Waals surface area contributed by atoms with Crippen LogP contribution < -0.4 is 10.6 Å². The highest BCUT2D eigenvalue weighted by Gasteiger charge is 2.18. The lowest BCUT2D eigenvalue weighted by Crippen LogP contribution is -2.31. The van der Waals surface area contributed by atoms with Gasteiger partial charge in [-0.05, 0) is 29.7 Å². The highest BCUT2D eigenvalue weighted by molar-refractivity contribution is 5.99. The van der Waals surface area contributed by atoms with E-state index in [1.807, 2.05) is 24.4 Å². The molecule has 3 nitrogen and oxygen atoms in total. The van der Waals surface area contributed by atoms with E-state index in [-0.39, 0.29) is 0 Å². The number of pyridine rings is 1. The first-order valence-electron chi connectivity index (χ1n) is 7.28. The van der Waals surface area contributed by atoms with Crippen LogP contribution in [-0.2, 0) is 13.0 Å². The smallest absolute Gasteiger partial charge is 0.136 e. The minimum Gasteiger partial charge on any atom is -0.398 e. The van der Waals surface area contributed by atoms with Crippen molar-refractivity contribution in [1.82, 2.24) is 4.98 Å². The molecule has 3 heteroatoms. The fourth-order valence-electron chi connectivity index (χ4n) is 3.14. The maximum atomic E-state index is 6.08. The molecule has 3 aromatic rings. The Labute approximate surface area is 124 Å². The van der Waals surface area contributed by atoms with Gasteiger partial charge in [-0.1, -0.05) is 36.4 Å². The Morgan fingerprint density at radius 1 is 0.905 bits per heavy atom. The molecule has 0 fully saturated rings. The largest absolute Gasteiger partial charge is 0.398 e. The molecule has 0 radical (unpaired) electrons. The molecular weight excluding hydrogens is 258 g/mol. The Balaban J connectivity index is 1.80. The molecule has 21 heavy (non-hydrogen) atoms. The number of nitrogens with two attached hydrogens (primary N) is 1. The second-order valence-electron chi connectivity index (χ2n) is 5.52. The van der Waals surface area contributed by atoms with Crippen LogP contribution in [0, 0.1) is 0 Å². The van der Waals surface area contributed by atoms with Crippen molar-refractivity contribution in [2.45, 2.75) is 13.0 Å². The number of hydrogen-bond donors (Lipinski definition) is 1. The summed E-state index contributed by atoms with van der Waals surface area (Å²) >= 11 is 0. The summed E-state index contributed by atoms with van der Waals surface area (Å²) in [5, 5.41) is 2.22. The Kier molecular flexibility index (Phi) is 2.78. The SMILES string of the molecule is Nc1cccc2c(N3CCc4ccccc4C3)nccc12. The fourth-order valence-corrected chi connectivity index (χ4v) is 3.14. The quantitative estimate of drug-likeness (QED) is 0.692. The number of benzene rings is 2. The van der Waals surface area contributed by atoms with Gasteiger partial charge in [0.15, 0.2) is 0 Å². The molecule has 0 amide bonds. The standard InChI is InChI=1S/C18H17N3/c19-17-7-3-6-16-15(17)8-10-20-18(16)21-11-9-13-4-1-2-5-14(13)12-21/h1-8,10H,9,11-12,19H2. The van der Waals surface area contributed by atoms with Gasteiger partial charge in [-0.15, -0.1) is 0 Å². The van der Waals surface area contributed by atoms with Crippen LogP contribution in [0.25, 0.3) is 10.8 Å². The second kappa shape index (κ2) is 4.77. The van der Waals surface area contributed by atoms with Crippen LogP contribution in [0.5, 0.6) is 0 Å². The van der Waals surface area contributed by atoms with Crippen LogP contribution >= 0.6 is 0 Å². The molecular formula is C18H17N3. The Hall–Kier alpha value is -2.55. The highest BCUT2D eigenvalue weighted by Crippen LogP contribution is 2.31. The summed E-state index contributed by atoms with van der Waals surface area (Å²) < 4.78 is 0. The predicted octanol–water partition coefficient (Wildman–Crippen LogP) is 3.38. The summed E-state index contributed by atoms with van der Waals surface area (Å²) in [6.07, 6.45) is 2.92. The zero-order valence-electron chi connectivity index (χ0n) is 11.8. The van der Waals surface area contributed by atoms with Crippen molar-refractivity contribution < 1.29 is 0 Å². The summed E-state index contributed by atoms with van der Waals surface area (Å²) in [4.78, 5) is 6.97. The van der Waals surface area contributed by atoms with E-state index in [2.05, 4.69) is 40.2 Å². The first-order valence-corrected chi connectivity index (χ1v) is 7.28. The number of aromatic nitrogens is 1. The highest BCUT2D eigenvalue weighted by atomic mass is 15.2. The number of anilines is 2. The number of nitrogens with zero attached hydrogens (tertiary/aromatic N) is 2. The Morgan fingerprint density at radius 3 is 2.67 bits per heavy atom. The van der Waals surface area contributed by atoms with Gasteiger partial charge < -0.3 is 10.6 Å². The van der Waals surface area contributed by atoms with Crippen molar-refractivity contribution in [2.75, 3.05) is 17.2 Å². The molecule has 0 spiro atoms. The average molecular weight is 275 g/mol. The van der Waals surface area contributed by atoms with Crippen LogP contribution in [-0.4, -0.2) is 11.5 Å². The van der Waals surface area contributed by atoms with Gasteiger partial charge in [-0.2, -0.15) is 0 Å². The van der Waals surface area contributed by atoms with Crippen LogP contribution in [0.1, 0.15) is 11.1 Å². The summed E-state index contributed by atoms with van der Waals surface area (Å²) in [5.41, 5.74) is 9.75. The molecule has 0 aliphatic carbocycles. The van der Waals surface area contributed by atoms with Gasteiger partial charge in [0.1, 0.15) is 5.82 Å². The van der Waals surface area contributed by atoms with E-state index in [0.717, 1.165) is 41.8 Å². The molecule has 104 valence electrons. The molecule has 2 aromatic carbocycles. The third kappa shape index (κ3) is 2.02. The van der Waals surface area contributed by atoms with Gasteiger partial charge in [0.25, 0.3) is 0 Å². The summed E-state index contributed by atoms with van der Waals surface area (Å²) in [6, 6.07) is 16.7. The predicted molar refractivity (Wildman–Crippen MR) is 87.4 cm³/mol. The van der Waals surface area contributed by atoms with Gasteiger partial charge in [-0.25, -0.2) is 4.98 Å². The summed E-state index contributed by atoms with van der Waals surface area (Å²) in [5.74, 6) is 1.04. The monoisotopic (exact) mass is 275 g/mol. The van der Waals surface area contributed by atoms with Gasteiger partial charge in [-0.3, -0.25) is 0 Å². The Bertz CT molecular complexity index is 810. The number of hydrogen-bond acceptors (Lipinski definition) is 3. The van der Waals surface area contributed by atoms with E-state index in [9.17, 15) is 0 Å². The van der Waals surface area contributed by atoms with Crippen molar-refractivity contribution in [2.24, 2.45) is 0 Å². The first-order chi connectivity index (χ1) is 10.3. The van der Waals surface area contributed by atoms with Crippen molar-refractivity contribution in [3.63, 3.8) is 0 Å². The molecule has 2 N–H and O–H groups in total. The van der Waals surface area contributed by atoms with E-state index < -0.39 is 0 Å². The third-order valence-corrected chi connectivity index (χ3v) is 4.25. The maximum Gasteiger partial charge on any atom is 0.136 e. The topological polar surface area (TPSA) is 42.1 Å². The van der Waals surface area contributed by atoms with Crippen molar-refractivity contribution in [3.8, 4) is 0 Å².